The van der Waals surface area contributed by atoms with Crippen LogP contribution in [0.4, 0.5) is 0 Å². The summed E-state index contributed by atoms with van der Waals surface area (Å²) in [5.74, 6) is -2.11. The van der Waals surface area contributed by atoms with Gasteiger partial charge >= 0.3 is 5.97 Å². The molecule has 0 fully saturated rings. The Morgan fingerprint density at radius 1 is 1.30 bits per heavy atom. The van der Waals surface area contributed by atoms with Crippen molar-refractivity contribution >= 4 is 23.2 Å². The Balaban J connectivity index is 2.04. The van der Waals surface area contributed by atoms with Gasteiger partial charge in [-0.25, -0.2) is 0 Å². The Labute approximate surface area is 122 Å². The summed E-state index contributed by atoms with van der Waals surface area (Å²) in [6.45, 7) is 4.40. The number of thiophene rings is 1. The highest BCUT2D eigenvalue weighted by Crippen LogP contribution is 2.34. The number of allylic oxidation sites excluding steroid dienone is 2. The third-order valence-electron chi connectivity index (χ3n) is 3.94. The number of hydrogen-bond donors (Lipinski definition) is 2. The van der Waals surface area contributed by atoms with Crippen molar-refractivity contribution in [3.05, 3.63) is 33.5 Å². The van der Waals surface area contributed by atoms with E-state index in [0.717, 1.165) is 16.0 Å². The van der Waals surface area contributed by atoms with E-state index in [2.05, 4.69) is 5.32 Å². The highest BCUT2D eigenvalue weighted by Gasteiger charge is 2.37. The minimum absolute atomic E-state index is 0.155. The summed E-state index contributed by atoms with van der Waals surface area (Å²) in [5.41, 5.74) is 2.23. The zero-order valence-electron chi connectivity index (χ0n) is 11.7. The molecule has 1 amide bonds. The average molecular weight is 293 g/mol. The molecule has 1 aliphatic rings. The fourth-order valence-electron chi connectivity index (χ4n) is 2.55. The second kappa shape index (κ2) is 6.22. The molecule has 2 atom stereocenters. The summed E-state index contributed by atoms with van der Waals surface area (Å²) < 4.78 is 0. The highest BCUT2D eigenvalue weighted by molar-refractivity contribution is 7.09. The van der Waals surface area contributed by atoms with Crippen molar-refractivity contribution in [2.75, 3.05) is 0 Å². The van der Waals surface area contributed by atoms with Gasteiger partial charge in [0, 0.05) is 4.88 Å². The van der Waals surface area contributed by atoms with E-state index in [1.807, 2.05) is 31.4 Å². The summed E-state index contributed by atoms with van der Waals surface area (Å²) in [7, 11) is 0. The predicted octanol–water partition coefficient (Wildman–Crippen LogP) is 2.81. The van der Waals surface area contributed by atoms with Crippen LogP contribution in [0.25, 0.3) is 0 Å². The molecule has 2 N–H and O–H groups in total. The van der Waals surface area contributed by atoms with E-state index in [4.69, 9.17) is 0 Å². The van der Waals surface area contributed by atoms with E-state index in [0.29, 0.717) is 19.4 Å². The van der Waals surface area contributed by atoms with Crippen LogP contribution >= 0.6 is 11.3 Å². The molecule has 4 nitrogen and oxygen atoms in total. The first kappa shape index (κ1) is 14.8. The molecule has 0 saturated carbocycles. The summed E-state index contributed by atoms with van der Waals surface area (Å²) >= 11 is 1.58. The molecule has 2 rings (SSSR count). The SMILES string of the molecule is CC1=C(C)C[C@H](C(=O)NCc2cccs2)[C@@H](C(=O)O)C1. The Morgan fingerprint density at radius 2 is 1.95 bits per heavy atom. The monoisotopic (exact) mass is 293 g/mol. The van der Waals surface area contributed by atoms with Gasteiger partial charge in [-0.3, -0.25) is 9.59 Å². The van der Waals surface area contributed by atoms with E-state index in [9.17, 15) is 14.7 Å². The van der Waals surface area contributed by atoms with Gasteiger partial charge in [0.25, 0.3) is 0 Å². The minimum atomic E-state index is -0.881. The molecule has 0 saturated heterocycles. The standard InChI is InChI=1S/C15H19NO3S/c1-9-6-12(13(15(18)19)7-10(9)2)14(17)16-8-11-4-3-5-20-11/h3-5,12-13H,6-8H2,1-2H3,(H,16,17)(H,18,19)/t12-,13-/m0/s1. The van der Waals surface area contributed by atoms with Crippen molar-refractivity contribution in [1.29, 1.82) is 0 Å². The molecule has 0 bridgehead atoms. The summed E-state index contributed by atoms with van der Waals surface area (Å²) in [6, 6.07) is 3.89. The van der Waals surface area contributed by atoms with Gasteiger partial charge in [-0.1, -0.05) is 17.2 Å². The fourth-order valence-corrected chi connectivity index (χ4v) is 3.19. The summed E-state index contributed by atoms with van der Waals surface area (Å²) in [5, 5.41) is 14.1. The first-order chi connectivity index (χ1) is 9.49. The minimum Gasteiger partial charge on any atom is -0.481 e. The third kappa shape index (κ3) is 3.28. The molecule has 1 aromatic heterocycles. The second-order valence-electron chi connectivity index (χ2n) is 5.32. The normalized spacial score (nSPS) is 22.7. The lowest BCUT2D eigenvalue weighted by atomic mass is 9.76. The van der Waals surface area contributed by atoms with E-state index < -0.39 is 17.8 Å². The van der Waals surface area contributed by atoms with Crippen LogP contribution in [0.2, 0.25) is 0 Å². The molecule has 1 aliphatic carbocycles. The van der Waals surface area contributed by atoms with Crippen molar-refractivity contribution in [1.82, 2.24) is 5.32 Å². The molecule has 0 unspecified atom stereocenters. The molecule has 0 aliphatic heterocycles. The zero-order chi connectivity index (χ0) is 14.7. The number of hydrogen-bond acceptors (Lipinski definition) is 3. The maximum atomic E-state index is 12.3. The van der Waals surface area contributed by atoms with Gasteiger partial charge in [-0.2, -0.15) is 0 Å². The Kier molecular flexibility index (Phi) is 4.60. The average Bonchev–Trinajstić information content (AvgIpc) is 2.91. The lowest BCUT2D eigenvalue weighted by Crippen LogP contribution is -2.39. The molecule has 0 aromatic carbocycles. The van der Waals surface area contributed by atoms with Crippen LogP contribution in [0.3, 0.4) is 0 Å². The lowest BCUT2D eigenvalue weighted by Gasteiger charge is -2.29. The van der Waals surface area contributed by atoms with E-state index in [1.54, 1.807) is 11.3 Å². The van der Waals surface area contributed by atoms with Crippen molar-refractivity contribution in [3.8, 4) is 0 Å². The quantitative estimate of drug-likeness (QED) is 0.839. The summed E-state index contributed by atoms with van der Waals surface area (Å²) in [6.07, 6.45) is 1.01. The van der Waals surface area contributed by atoms with Crippen LogP contribution < -0.4 is 5.32 Å². The number of nitrogens with one attached hydrogen (secondary N) is 1. The van der Waals surface area contributed by atoms with E-state index >= 15 is 0 Å². The van der Waals surface area contributed by atoms with Gasteiger partial charge in [0.1, 0.15) is 0 Å². The molecule has 0 spiro atoms. The van der Waals surface area contributed by atoms with Crippen LogP contribution in [-0.2, 0) is 16.1 Å². The van der Waals surface area contributed by atoms with Crippen molar-refractivity contribution in [2.45, 2.75) is 33.2 Å². The van der Waals surface area contributed by atoms with Gasteiger partial charge in [0.15, 0.2) is 0 Å². The number of carboxylic acid groups (broad SMARTS) is 1. The molecular formula is C15H19NO3S. The van der Waals surface area contributed by atoms with Crippen molar-refractivity contribution in [2.24, 2.45) is 11.8 Å². The Bertz CT molecular complexity index is 533. The van der Waals surface area contributed by atoms with Crippen LogP contribution in [-0.4, -0.2) is 17.0 Å². The number of carbonyl (C=O) groups is 2. The predicted molar refractivity (Wildman–Crippen MR) is 78.4 cm³/mol. The van der Waals surface area contributed by atoms with Gasteiger partial charge in [0.2, 0.25) is 5.91 Å². The molecule has 108 valence electrons. The zero-order valence-corrected chi connectivity index (χ0v) is 12.5. The Hall–Kier alpha value is -1.62. The highest BCUT2D eigenvalue weighted by atomic mass is 32.1. The molecule has 20 heavy (non-hydrogen) atoms. The van der Waals surface area contributed by atoms with Crippen LogP contribution in [0.5, 0.6) is 0 Å². The largest absolute Gasteiger partial charge is 0.481 e. The number of carbonyl (C=O) groups excluding carboxylic acids is 1. The lowest BCUT2D eigenvalue weighted by molar-refractivity contribution is -0.147. The molecular weight excluding hydrogens is 274 g/mol. The van der Waals surface area contributed by atoms with Crippen molar-refractivity contribution < 1.29 is 14.7 Å². The second-order valence-corrected chi connectivity index (χ2v) is 6.35. The van der Waals surface area contributed by atoms with Gasteiger partial charge in [0.05, 0.1) is 18.4 Å². The number of amides is 1. The van der Waals surface area contributed by atoms with E-state index in [-0.39, 0.29) is 5.91 Å². The van der Waals surface area contributed by atoms with Crippen LogP contribution in [0.1, 0.15) is 31.6 Å². The molecule has 1 heterocycles. The fraction of sp³-hybridized carbons (Fsp3) is 0.467. The number of aliphatic carboxylic acids is 1. The summed E-state index contributed by atoms with van der Waals surface area (Å²) in [4.78, 5) is 24.7. The Morgan fingerprint density at radius 3 is 2.50 bits per heavy atom. The smallest absolute Gasteiger partial charge is 0.307 e. The van der Waals surface area contributed by atoms with Crippen LogP contribution in [0, 0.1) is 11.8 Å². The topological polar surface area (TPSA) is 66.4 Å². The van der Waals surface area contributed by atoms with Gasteiger partial charge in [-0.15, -0.1) is 11.3 Å². The first-order valence-corrected chi connectivity index (χ1v) is 7.55. The van der Waals surface area contributed by atoms with E-state index in [1.165, 1.54) is 0 Å². The van der Waals surface area contributed by atoms with Crippen molar-refractivity contribution in [3.63, 3.8) is 0 Å². The first-order valence-electron chi connectivity index (χ1n) is 6.67. The van der Waals surface area contributed by atoms with Crippen LogP contribution in [0.15, 0.2) is 28.7 Å². The molecule has 5 heteroatoms. The number of carboxylic acids is 1. The van der Waals surface area contributed by atoms with Gasteiger partial charge in [-0.05, 0) is 38.1 Å². The number of rotatable bonds is 4. The third-order valence-corrected chi connectivity index (χ3v) is 4.81. The maximum absolute atomic E-state index is 12.3. The molecule has 0 radical (unpaired) electrons. The molecule has 1 aromatic rings. The van der Waals surface area contributed by atoms with Gasteiger partial charge < -0.3 is 10.4 Å². The maximum Gasteiger partial charge on any atom is 0.307 e.